The van der Waals surface area contributed by atoms with Crippen molar-refractivity contribution in [3.05, 3.63) is 90.6 Å². The summed E-state index contributed by atoms with van der Waals surface area (Å²) in [6, 6.07) is 23.5. The minimum Gasteiger partial charge on any atom is -0.506 e. The normalized spacial score (nSPS) is 11.6. The van der Waals surface area contributed by atoms with Gasteiger partial charge in [0, 0.05) is 27.3 Å². The molecule has 0 aliphatic heterocycles. The number of aromatic hydroxyl groups is 1. The molecule has 5 rings (SSSR count). The molecule has 4 aromatic carbocycles. The SMILES string of the molecule is COc1ccc(C)cc1S(=O)(=O)Nc1cc(Sc2cccc3cccnc23)c(O)c2ccccc12. The van der Waals surface area contributed by atoms with Gasteiger partial charge in [0.05, 0.1) is 23.2 Å². The number of nitrogens with one attached hydrogen (secondary N) is 1. The highest BCUT2D eigenvalue weighted by Gasteiger charge is 2.22. The smallest absolute Gasteiger partial charge is 0.265 e. The zero-order chi connectivity index (χ0) is 24.6. The van der Waals surface area contributed by atoms with Crippen molar-refractivity contribution in [2.75, 3.05) is 11.8 Å². The maximum atomic E-state index is 13.4. The number of hydrogen-bond acceptors (Lipinski definition) is 6. The molecule has 1 heterocycles. The summed E-state index contributed by atoms with van der Waals surface area (Å²) in [5.41, 5.74) is 1.96. The van der Waals surface area contributed by atoms with E-state index in [1.807, 2.05) is 37.3 Å². The van der Waals surface area contributed by atoms with E-state index in [1.54, 1.807) is 54.7 Å². The molecule has 0 aliphatic rings. The van der Waals surface area contributed by atoms with Crippen LogP contribution in [-0.4, -0.2) is 25.6 Å². The van der Waals surface area contributed by atoms with Crippen molar-refractivity contribution in [2.24, 2.45) is 0 Å². The van der Waals surface area contributed by atoms with Crippen molar-refractivity contribution < 1.29 is 18.3 Å². The lowest BCUT2D eigenvalue weighted by Gasteiger charge is -2.16. The Morgan fingerprint density at radius 1 is 0.914 bits per heavy atom. The van der Waals surface area contributed by atoms with E-state index in [0.717, 1.165) is 21.4 Å². The number of benzene rings is 4. The molecule has 8 heteroatoms. The lowest BCUT2D eigenvalue weighted by molar-refractivity contribution is 0.402. The van der Waals surface area contributed by atoms with Crippen LogP contribution in [0.2, 0.25) is 0 Å². The molecule has 0 spiro atoms. The molecule has 0 amide bonds. The highest BCUT2D eigenvalue weighted by molar-refractivity contribution is 7.99. The molecule has 35 heavy (non-hydrogen) atoms. The summed E-state index contributed by atoms with van der Waals surface area (Å²) in [7, 11) is -2.55. The van der Waals surface area contributed by atoms with Gasteiger partial charge in [-0.25, -0.2) is 8.42 Å². The van der Waals surface area contributed by atoms with Crippen LogP contribution in [0.25, 0.3) is 21.7 Å². The van der Waals surface area contributed by atoms with Gasteiger partial charge in [-0.15, -0.1) is 0 Å². The number of para-hydroxylation sites is 1. The zero-order valence-corrected chi connectivity index (χ0v) is 20.7. The fraction of sp³-hybridized carbons (Fsp3) is 0.0741. The van der Waals surface area contributed by atoms with Crippen LogP contribution in [0.5, 0.6) is 11.5 Å². The summed E-state index contributed by atoms with van der Waals surface area (Å²) in [4.78, 5) is 5.90. The van der Waals surface area contributed by atoms with Crippen LogP contribution >= 0.6 is 11.8 Å². The predicted octanol–water partition coefficient (Wildman–Crippen LogP) is 6.36. The third-order valence-electron chi connectivity index (χ3n) is 5.65. The first-order chi connectivity index (χ1) is 16.9. The lowest BCUT2D eigenvalue weighted by Crippen LogP contribution is -2.14. The van der Waals surface area contributed by atoms with E-state index in [9.17, 15) is 13.5 Å². The first-order valence-electron chi connectivity index (χ1n) is 10.8. The maximum Gasteiger partial charge on any atom is 0.265 e. The van der Waals surface area contributed by atoms with Gasteiger partial charge in [0.15, 0.2) is 0 Å². The van der Waals surface area contributed by atoms with Crippen LogP contribution in [0.3, 0.4) is 0 Å². The average molecular weight is 503 g/mol. The molecule has 0 bridgehead atoms. The van der Waals surface area contributed by atoms with Gasteiger partial charge in [-0.2, -0.15) is 0 Å². The van der Waals surface area contributed by atoms with Crippen molar-refractivity contribution >= 4 is 49.1 Å². The molecular formula is C27H22N2O4S2. The van der Waals surface area contributed by atoms with Crippen LogP contribution in [0.1, 0.15) is 5.56 Å². The largest absolute Gasteiger partial charge is 0.506 e. The number of pyridine rings is 1. The molecule has 0 saturated carbocycles. The van der Waals surface area contributed by atoms with Crippen LogP contribution < -0.4 is 9.46 Å². The Morgan fingerprint density at radius 3 is 2.49 bits per heavy atom. The monoisotopic (exact) mass is 502 g/mol. The predicted molar refractivity (Wildman–Crippen MR) is 140 cm³/mol. The number of sulfonamides is 1. The molecule has 0 radical (unpaired) electrons. The molecule has 6 nitrogen and oxygen atoms in total. The highest BCUT2D eigenvalue weighted by Crippen LogP contribution is 2.44. The van der Waals surface area contributed by atoms with Gasteiger partial charge in [0.25, 0.3) is 10.0 Å². The number of phenolic OH excluding ortho intramolecular Hbond substituents is 1. The van der Waals surface area contributed by atoms with Gasteiger partial charge in [-0.1, -0.05) is 60.3 Å². The minimum atomic E-state index is -3.99. The van der Waals surface area contributed by atoms with Gasteiger partial charge in [0.1, 0.15) is 16.4 Å². The number of nitrogens with zero attached hydrogens (tertiary/aromatic N) is 1. The summed E-state index contributed by atoms with van der Waals surface area (Å²) in [5.74, 6) is 0.331. The minimum absolute atomic E-state index is 0.0459. The highest BCUT2D eigenvalue weighted by atomic mass is 32.2. The van der Waals surface area contributed by atoms with Gasteiger partial charge in [-0.05, 0) is 42.8 Å². The Bertz CT molecular complexity index is 1680. The van der Waals surface area contributed by atoms with Crippen molar-refractivity contribution in [2.45, 2.75) is 21.6 Å². The molecule has 5 aromatic rings. The fourth-order valence-corrected chi connectivity index (χ4v) is 6.33. The number of phenols is 1. The number of rotatable bonds is 6. The van der Waals surface area contributed by atoms with Crippen LogP contribution in [-0.2, 0) is 10.0 Å². The Morgan fingerprint density at radius 2 is 1.69 bits per heavy atom. The first kappa shape index (κ1) is 23.0. The van der Waals surface area contributed by atoms with Crippen molar-refractivity contribution in [1.82, 2.24) is 4.98 Å². The number of aryl methyl sites for hydroxylation is 1. The topological polar surface area (TPSA) is 88.5 Å². The summed E-state index contributed by atoms with van der Waals surface area (Å²) < 4.78 is 34.9. The standard InChI is InChI=1S/C27H22N2O4S2/c1-17-12-13-22(33-2)25(15-17)35(31,32)29-21-16-24(27(30)20-10-4-3-9-19(20)21)34-23-11-5-7-18-8-6-14-28-26(18)23/h3-16,29-30H,1-2H3. The van der Waals surface area contributed by atoms with Crippen molar-refractivity contribution in [3.63, 3.8) is 0 Å². The first-order valence-corrected chi connectivity index (χ1v) is 13.1. The number of hydrogen-bond donors (Lipinski definition) is 2. The van der Waals surface area contributed by atoms with Crippen molar-refractivity contribution in [1.29, 1.82) is 0 Å². The molecule has 0 atom stereocenters. The fourth-order valence-electron chi connectivity index (χ4n) is 3.97. The van der Waals surface area contributed by atoms with E-state index in [4.69, 9.17) is 4.74 Å². The van der Waals surface area contributed by atoms with Crippen LogP contribution in [0.4, 0.5) is 5.69 Å². The average Bonchev–Trinajstić information content (AvgIpc) is 2.87. The lowest BCUT2D eigenvalue weighted by atomic mass is 10.1. The summed E-state index contributed by atoms with van der Waals surface area (Å²) in [5, 5.41) is 13.2. The number of ether oxygens (including phenoxy) is 1. The number of aromatic nitrogens is 1. The van der Waals surface area contributed by atoms with E-state index < -0.39 is 10.0 Å². The Hall–Kier alpha value is -3.75. The van der Waals surface area contributed by atoms with Gasteiger partial charge >= 0.3 is 0 Å². The number of fused-ring (bicyclic) bond motifs is 2. The second kappa shape index (κ2) is 9.13. The van der Waals surface area contributed by atoms with E-state index in [-0.39, 0.29) is 16.4 Å². The Kier molecular flexibility index (Phi) is 6.00. The Labute approximate surface area is 207 Å². The number of anilines is 1. The van der Waals surface area contributed by atoms with Crippen molar-refractivity contribution in [3.8, 4) is 11.5 Å². The molecule has 0 unspecified atom stereocenters. The van der Waals surface area contributed by atoms with E-state index in [1.165, 1.54) is 18.9 Å². The van der Waals surface area contributed by atoms with E-state index >= 15 is 0 Å². The van der Waals surface area contributed by atoms with Crippen LogP contribution in [0, 0.1) is 6.92 Å². The van der Waals surface area contributed by atoms with Gasteiger partial charge < -0.3 is 9.84 Å². The number of methoxy groups -OCH3 is 1. The second-order valence-electron chi connectivity index (χ2n) is 8.01. The summed E-state index contributed by atoms with van der Waals surface area (Å²) in [6.07, 6.45) is 1.72. The second-order valence-corrected chi connectivity index (χ2v) is 10.7. The van der Waals surface area contributed by atoms with Gasteiger partial charge in [0.2, 0.25) is 0 Å². The molecule has 0 saturated heterocycles. The summed E-state index contributed by atoms with van der Waals surface area (Å²) >= 11 is 1.33. The zero-order valence-electron chi connectivity index (χ0n) is 19.0. The Balaban J connectivity index is 1.64. The molecule has 176 valence electrons. The third kappa shape index (κ3) is 4.38. The molecule has 2 N–H and O–H groups in total. The molecule has 0 fully saturated rings. The van der Waals surface area contributed by atoms with E-state index in [2.05, 4.69) is 9.71 Å². The summed E-state index contributed by atoms with van der Waals surface area (Å²) in [6.45, 7) is 1.82. The van der Waals surface area contributed by atoms with Crippen LogP contribution in [0.15, 0.2) is 99.7 Å². The molecular weight excluding hydrogens is 480 g/mol. The maximum absolute atomic E-state index is 13.4. The van der Waals surface area contributed by atoms with E-state index in [0.29, 0.717) is 21.4 Å². The molecule has 0 aliphatic carbocycles. The third-order valence-corrected chi connectivity index (χ3v) is 8.12. The quantitative estimate of drug-likeness (QED) is 0.263. The molecule has 1 aromatic heterocycles. The van der Waals surface area contributed by atoms with Gasteiger partial charge in [-0.3, -0.25) is 9.71 Å².